The summed E-state index contributed by atoms with van der Waals surface area (Å²) >= 11 is 0. The molecule has 7 nitrogen and oxygen atoms in total. The van der Waals surface area contributed by atoms with Gasteiger partial charge in [0, 0.05) is 30.9 Å². The van der Waals surface area contributed by atoms with Crippen molar-refractivity contribution in [3.05, 3.63) is 47.7 Å². The minimum absolute atomic E-state index is 0.0373. The number of pyridine rings is 1. The van der Waals surface area contributed by atoms with E-state index < -0.39 is 5.41 Å². The van der Waals surface area contributed by atoms with Crippen molar-refractivity contribution >= 4 is 23.1 Å². The molecule has 1 saturated carbocycles. The quantitative estimate of drug-likeness (QED) is 0.653. The molecule has 2 aromatic rings. The molecule has 0 unspecified atom stereocenters. The van der Waals surface area contributed by atoms with Gasteiger partial charge in [-0.25, -0.2) is 4.98 Å². The van der Waals surface area contributed by atoms with E-state index in [1.54, 1.807) is 6.20 Å². The number of amides is 1. The normalized spacial score (nSPS) is 23.4. The van der Waals surface area contributed by atoms with E-state index in [-0.39, 0.29) is 24.0 Å². The Morgan fingerprint density at radius 3 is 2.71 bits per heavy atom. The third-order valence-corrected chi connectivity index (χ3v) is 7.63. The van der Waals surface area contributed by atoms with Crippen LogP contribution in [0.3, 0.4) is 0 Å². The number of aromatic nitrogens is 1. The van der Waals surface area contributed by atoms with Gasteiger partial charge in [0.05, 0.1) is 41.6 Å². The highest BCUT2D eigenvalue weighted by molar-refractivity contribution is 5.99. The highest BCUT2D eigenvalue weighted by atomic mass is 16.5. The summed E-state index contributed by atoms with van der Waals surface area (Å²) in [7, 11) is 0. The molecule has 0 atom stereocenters. The van der Waals surface area contributed by atoms with Crippen LogP contribution in [0.25, 0.3) is 0 Å². The lowest BCUT2D eigenvalue weighted by molar-refractivity contribution is -0.124. The van der Waals surface area contributed by atoms with Crippen molar-refractivity contribution in [3.8, 4) is 6.07 Å². The molecular formula is C28H34N4O3. The van der Waals surface area contributed by atoms with E-state index in [0.29, 0.717) is 32.6 Å². The van der Waals surface area contributed by atoms with Crippen LogP contribution < -0.4 is 10.2 Å². The van der Waals surface area contributed by atoms with Crippen LogP contribution in [0, 0.1) is 17.2 Å². The fourth-order valence-electron chi connectivity index (χ4n) is 5.65. The van der Waals surface area contributed by atoms with Crippen LogP contribution in [0.1, 0.15) is 63.5 Å². The van der Waals surface area contributed by atoms with Gasteiger partial charge < -0.3 is 19.7 Å². The summed E-state index contributed by atoms with van der Waals surface area (Å²) in [5.74, 6) is 0.875. The number of hydrogen-bond acceptors (Lipinski definition) is 6. The van der Waals surface area contributed by atoms with Crippen LogP contribution in [-0.4, -0.2) is 36.3 Å². The predicted octanol–water partition coefficient (Wildman–Crippen LogP) is 5.23. The molecule has 7 heteroatoms. The fourth-order valence-corrected chi connectivity index (χ4v) is 5.65. The van der Waals surface area contributed by atoms with Crippen LogP contribution in [0.4, 0.5) is 17.2 Å². The number of nitriles is 1. The molecule has 0 radical (unpaired) electrons. The Kier molecular flexibility index (Phi) is 6.77. The van der Waals surface area contributed by atoms with E-state index in [9.17, 15) is 10.1 Å². The van der Waals surface area contributed by atoms with Crippen LogP contribution in [0.5, 0.6) is 0 Å². The van der Waals surface area contributed by atoms with Crippen LogP contribution in [0.15, 0.2) is 36.5 Å². The van der Waals surface area contributed by atoms with Gasteiger partial charge in [0.1, 0.15) is 5.82 Å². The Labute approximate surface area is 207 Å². The Morgan fingerprint density at radius 2 is 2.00 bits per heavy atom. The van der Waals surface area contributed by atoms with Crippen molar-refractivity contribution in [2.24, 2.45) is 5.92 Å². The molecule has 1 N–H and O–H groups in total. The van der Waals surface area contributed by atoms with Crippen molar-refractivity contribution in [2.75, 3.05) is 23.4 Å². The van der Waals surface area contributed by atoms with E-state index in [2.05, 4.69) is 30.2 Å². The fraction of sp³-hybridized carbons (Fsp3) is 0.536. The number of fused-ring (bicyclic) bond motifs is 2. The van der Waals surface area contributed by atoms with Gasteiger partial charge >= 0.3 is 0 Å². The molecule has 3 aliphatic rings. The largest absolute Gasteiger partial charge is 0.381 e. The summed E-state index contributed by atoms with van der Waals surface area (Å²) in [4.78, 5) is 20.4. The Balaban J connectivity index is 1.48. The summed E-state index contributed by atoms with van der Waals surface area (Å²) in [6.45, 7) is 5.73. The molecule has 2 aliphatic heterocycles. The summed E-state index contributed by atoms with van der Waals surface area (Å²) < 4.78 is 11.6. The molecule has 5 rings (SSSR count). The summed E-state index contributed by atoms with van der Waals surface area (Å²) in [6, 6.07) is 12.6. The molecule has 35 heavy (non-hydrogen) atoms. The number of nitrogens with one attached hydrogen (secondary N) is 1. The molecule has 1 aliphatic carbocycles. The number of ether oxygens (including phenoxy) is 2. The van der Waals surface area contributed by atoms with E-state index in [4.69, 9.17) is 9.47 Å². The lowest BCUT2D eigenvalue weighted by atomic mass is 9.75. The number of hydrogen-bond donors (Lipinski definition) is 1. The van der Waals surface area contributed by atoms with Crippen molar-refractivity contribution in [3.63, 3.8) is 0 Å². The topological polar surface area (TPSA) is 87.5 Å². The molecular weight excluding hydrogens is 440 g/mol. The summed E-state index contributed by atoms with van der Waals surface area (Å²) in [5.41, 5.74) is 3.01. The Bertz CT molecular complexity index is 1110. The van der Waals surface area contributed by atoms with Crippen molar-refractivity contribution in [2.45, 2.75) is 76.5 Å². The molecule has 0 bridgehead atoms. The average molecular weight is 475 g/mol. The van der Waals surface area contributed by atoms with E-state index >= 15 is 0 Å². The third kappa shape index (κ3) is 4.78. The van der Waals surface area contributed by atoms with E-state index in [1.165, 1.54) is 0 Å². The van der Waals surface area contributed by atoms with Gasteiger partial charge in [-0.05, 0) is 76.1 Å². The zero-order valence-corrected chi connectivity index (χ0v) is 20.6. The number of benzene rings is 1. The number of rotatable bonds is 4. The molecule has 3 heterocycles. The Hall–Kier alpha value is -2.95. The third-order valence-electron chi connectivity index (χ3n) is 7.63. The smallest absolute Gasteiger partial charge is 0.230 e. The Morgan fingerprint density at radius 1 is 1.23 bits per heavy atom. The standard InChI is InChI=1S/C28H34N4O3/c1-19(2)35-23-8-5-20(6-9-23)27(33)32-17-21-4-3-13-30-26(21)31-24-10-7-22(16-25(24)32)28(18-29)11-14-34-15-12-28/h3-4,7,10,13,16,19-20,23H,5-6,8-9,11-12,14-15,17H2,1-2H3,(H,30,31). The van der Waals surface area contributed by atoms with Gasteiger partial charge in [-0.2, -0.15) is 5.26 Å². The highest BCUT2D eigenvalue weighted by Crippen LogP contribution is 2.42. The monoisotopic (exact) mass is 474 g/mol. The van der Waals surface area contributed by atoms with E-state index in [0.717, 1.165) is 54.0 Å². The second kappa shape index (κ2) is 9.96. The van der Waals surface area contributed by atoms with Crippen molar-refractivity contribution in [1.82, 2.24) is 4.98 Å². The van der Waals surface area contributed by atoms with Crippen LogP contribution in [-0.2, 0) is 26.2 Å². The molecule has 0 spiro atoms. The zero-order chi connectivity index (χ0) is 24.4. The number of carbonyl (C=O) groups excluding carboxylic acids is 1. The predicted molar refractivity (Wildman–Crippen MR) is 134 cm³/mol. The average Bonchev–Trinajstić information content (AvgIpc) is 3.05. The molecule has 2 fully saturated rings. The lowest BCUT2D eigenvalue weighted by Gasteiger charge is -2.34. The minimum atomic E-state index is -0.592. The minimum Gasteiger partial charge on any atom is -0.381 e. The van der Waals surface area contributed by atoms with Crippen LogP contribution in [0.2, 0.25) is 0 Å². The zero-order valence-electron chi connectivity index (χ0n) is 20.6. The maximum absolute atomic E-state index is 14.0. The first kappa shape index (κ1) is 23.8. The highest BCUT2D eigenvalue weighted by Gasteiger charge is 2.37. The lowest BCUT2D eigenvalue weighted by Crippen LogP contribution is -2.39. The first-order chi connectivity index (χ1) is 17.0. The molecule has 1 saturated heterocycles. The van der Waals surface area contributed by atoms with Gasteiger partial charge in [0.2, 0.25) is 5.91 Å². The van der Waals surface area contributed by atoms with Gasteiger partial charge in [-0.15, -0.1) is 0 Å². The van der Waals surface area contributed by atoms with E-state index in [1.807, 2.05) is 35.2 Å². The van der Waals surface area contributed by atoms with Gasteiger partial charge in [-0.1, -0.05) is 12.1 Å². The number of nitrogens with zero attached hydrogens (tertiary/aromatic N) is 3. The van der Waals surface area contributed by atoms with Crippen LogP contribution >= 0.6 is 0 Å². The molecule has 1 amide bonds. The first-order valence-corrected chi connectivity index (χ1v) is 12.8. The van der Waals surface area contributed by atoms with Crippen molar-refractivity contribution < 1.29 is 14.3 Å². The van der Waals surface area contributed by atoms with Crippen molar-refractivity contribution in [1.29, 1.82) is 5.26 Å². The second-order valence-electron chi connectivity index (χ2n) is 10.3. The number of carbonyl (C=O) groups is 1. The SMILES string of the molecule is CC(C)OC1CCC(C(=O)N2Cc3cccnc3Nc3ccc(C4(C#N)CCOCC4)cc32)CC1. The first-order valence-electron chi connectivity index (χ1n) is 12.8. The van der Waals surface area contributed by atoms with Gasteiger partial charge in [-0.3, -0.25) is 4.79 Å². The number of anilines is 3. The van der Waals surface area contributed by atoms with Gasteiger partial charge in [0.25, 0.3) is 0 Å². The molecule has 1 aromatic heterocycles. The second-order valence-corrected chi connectivity index (χ2v) is 10.3. The summed E-state index contributed by atoms with van der Waals surface area (Å²) in [5, 5.41) is 13.6. The maximum atomic E-state index is 14.0. The summed E-state index contributed by atoms with van der Waals surface area (Å²) in [6.07, 6.45) is 6.99. The molecule has 1 aromatic carbocycles. The maximum Gasteiger partial charge on any atom is 0.230 e. The molecule has 184 valence electrons. The van der Waals surface area contributed by atoms with Gasteiger partial charge in [0.15, 0.2) is 0 Å².